The summed E-state index contributed by atoms with van der Waals surface area (Å²) in [5, 5.41) is 13.7. The van der Waals surface area contributed by atoms with Crippen LogP contribution in [0, 0.1) is 5.41 Å². The van der Waals surface area contributed by atoms with Gasteiger partial charge in [0, 0.05) is 31.2 Å². The van der Waals surface area contributed by atoms with E-state index in [1.165, 1.54) is 4.90 Å². The van der Waals surface area contributed by atoms with Crippen LogP contribution in [0.25, 0.3) is 11.6 Å². The molecule has 0 radical (unpaired) electrons. The summed E-state index contributed by atoms with van der Waals surface area (Å²) in [7, 11) is 1.83. The van der Waals surface area contributed by atoms with Crippen molar-refractivity contribution < 1.29 is 14.4 Å². The number of benzene rings is 1. The van der Waals surface area contributed by atoms with Gasteiger partial charge in [-0.25, -0.2) is 4.79 Å². The highest BCUT2D eigenvalue weighted by atomic mass is 16.5. The molecule has 1 aliphatic rings. The van der Waals surface area contributed by atoms with Gasteiger partial charge < -0.3 is 25.2 Å². The number of nitrogens with zero attached hydrogens (tertiary/aromatic N) is 7. The van der Waals surface area contributed by atoms with Gasteiger partial charge in [-0.05, 0) is 30.4 Å². The Labute approximate surface area is 191 Å². The minimum atomic E-state index is -0.907. The van der Waals surface area contributed by atoms with Gasteiger partial charge in [-0.15, -0.1) is 0 Å². The summed E-state index contributed by atoms with van der Waals surface area (Å²) in [6.07, 6.45) is 0.288. The molecular weight excluding hydrogens is 424 g/mol. The number of piperidine rings is 1. The van der Waals surface area contributed by atoms with Crippen LogP contribution in [-0.4, -0.2) is 60.8 Å². The molecule has 3 aromatic rings. The molecule has 2 unspecified atom stereocenters. The molecule has 3 heterocycles. The van der Waals surface area contributed by atoms with Crippen molar-refractivity contribution in [2.45, 2.75) is 45.6 Å². The molecule has 1 aromatic carbocycles. The van der Waals surface area contributed by atoms with Gasteiger partial charge in [0.05, 0.1) is 0 Å². The quantitative estimate of drug-likeness (QED) is 0.602. The average Bonchev–Trinajstić information content (AvgIpc) is 3.28. The molecule has 2 atom stereocenters. The predicted molar refractivity (Wildman–Crippen MR) is 122 cm³/mol. The van der Waals surface area contributed by atoms with Crippen molar-refractivity contribution >= 4 is 23.7 Å². The Bertz CT molecular complexity index is 1130. The molecule has 1 amide bonds. The van der Waals surface area contributed by atoms with E-state index in [1.54, 1.807) is 4.90 Å². The van der Waals surface area contributed by atoms with Crippen LogP contribution in [0.4, 0.5) is 22.4 Å². The van der Waals surface area contributed by atoms with E-state index < -0.39 is 6.09 Å². The number of rotatable bonds is 4. The normalized spacial score (nSPS) is 18.8. The van der Waals surface area contributed by atoms with Crippen LogP contribution in [0.15, 0.2) is 34.9 Å². The van der Waals surface area contributed by atoms with E-state index in [1.807, 2.05) is 58.2 Å². The summed E-state index contributed by atoms with van der Waals surface area (Å²) in [6.45, 7) is 6.51. The Balaban J connectivity index is 1.59. The van der Waals surface area contributed by atoms with Crippen molar-refractivity contribution in [1.29, 1.82) is 0 Å². The molecule has 1 aliphatic heterocycles. The molecule has 1 saturated heterocycles. The van der Waals surface area contributed by atoms with Gasteiger partial charge >= 0.3 is 6.09 Å². The zero-order valence-corrected chi connectivity index (χ0v) is 19.1. The molecule has 3 N–H and O–H groups in total. The fourth-order valence-corrected chi connectivity index (χ4v) is 4.13. The first-order valence-electron chi connectivity index (χ1n) is 10.8. The maximum absolute atomic E-state index is 11.7. The number of amides is 1. The van der Waals surface area contributed by atoms with Gasteiger partial charge in [-0.1, -0.05) is 44.1 Å². The fraction of sp³-hybridized carbons (Fsp3) is 0.455. The van der Waals surface area contributed by atoms with E-state index in [2.05, 4.69) is 25.1 Å². The first-order valence-corrected chi connectivity index (χ1v) is 10.8. The first kappa shape index (κ1) is 22.4. The number of carboxylic acid groups (broad SMARTS) is 1. The third-order valence-corrected chi connectivity index (χ3v) is 5.92. The largest absolute Gasteiger partial charge is 0.465 e. The highest BCUT2D eigenvalue weighted by Gasteiger charge is 2.40. The van der Waals surface area contributed by atoms with Crippen molar-refractivity contribution in [1.82, 2.24) is 30.0 Å². The molecule has 0 aliphatic carbocycles. The summed E-state index contributed by atoms with van der Waals surface area (Å²) < 4.78 is 5.56. The number of hydrogen-bond donors (Lipinski definition) is 2. The van der Waals surface area contributed by atoms with Crippen molar-refractivity contribution in [3.05, 3.63) is 36.2 Å². The van der Waals surface area contributed by atoms with Crippen LogP contribution >= 0.6 is 0 Å². The summed E-state index contributed by atoms with van der Waals surface area (Å²) in [6, 6.07) is 9.47. The number of para-hydroxylation sites is 1. The Hall–Kier alpha value is -3.76. The van der Waals surface area contributed by atoms with E-state index in [-0.39, 0.29) is 35.0 Å². The van der Waals surface area contributed by atoms with Gasteiger partial charge in [0.15, 0.2) is 0 Å². The zero-order valence-electron chi connectivity index (χ0n) is 19.1. The van der Waals surface area contributed by atoms with Crippen molar-refractivity contribution in [2.24, 2.45) is 5.41 Å². The zero-order chi connectivity index (χ0) is 23.8. The van der Waals surface area contributed by atoms with Gasteiger partial charge in [-0.2, -0.15) is 19.9 Å². The molecule has 2 aromatic heterocycles. The summed E-state index contributed by atoms with van der Waals surface area (Å²) in [5.74, 6) is 1.22. The molecule has 11 nitrogen and oxygen atoms in total. The lowest BCUT2D eigenvalue weighted by atomic mass is 9.77. The standard InChI is InChI=1S/C22H28N8O3/c1-22(2,3)15-12-13(10-11-30(15)21(31)32)18-24-17(28-33-18)16-25-19(23)27-20(26-16)29(4)14-8-6-5-7-9-14/h5-9,13,15H,10-12H2,1-4H3,(H,31,32)(H2,23,25,26,27). The summed E-state index contributed by atoms with van der Waals surface area (Å²) in [5.41, 5.74) is 6.60. The molecular formula is C22H28N8O3. The maximum atomic E-state index is 11.7. The minimum Gasteiger partial charge on any atom is -0.465 e. The lowest BCUT2D eigenvalue weighted by molar-refractivity contribution is 0.0483. The van der Waals surface area contributed by atoms with E-state index >= 15 is 0 Å². The van der Waals surface area contributed by atoms with Gasteiger partial charge in [0.1, 0.15) is 0 Å². The second-order valence-electron chi connectivity index (χ2n) is 9.25. The second kappa shape index (κ2) is 8.64. The van der Waals surface area contributed by atoms with Crippen molar-refractivity contribution in [3.63, 3.8) is 0 Å². The smallest absolute Gasteiger partial charge is 0.407 e. The summed E-state index contributed by atoms with van der Waals surface area (Å²) >= 11 is 0. The van der Waals surface area contributed by atoms with Crippen LogP contribution in [0.5, 0.6) is 0 Å². The molecule has 33 heavy (non-hydrogen) atoms. The number of nitrogen functional groups attached to an aromatic ring is 1. The third-order valence-electron chi connectivity index (χ3n) is 5.92. The lowest BCUT2D eigenvalue weighted by Gasteiger charge is -2.43. The Morgan fingerprint density at radius 3 is 2.55 bits per heavy atom. The monoisotopic (exact) mass is 452 g/mol. The second-order valence-corrected chi connectivity index (χ2v) is 9.25. The SMILES string of the molecule is CN(c1ccccc1)c1nc(N)nc(-c2noc(C3CCN(C(=O)O)C(C(C)(C)C)C3)n2)n1. The topological polar surface area (TPSA) is 147 Å². The maximum Gasteiger partial charge on any atom is 0.407 e. The number of aromatic nitrogens is 5. The highest BCUT2D eigenvalue weighted by molar-refractivity contribution is 5.65. The summed E-state index contributed by atoms with van der Waals surface area (Å²) in [4.78, 5) is 32.4. The van der Waals surface area contributed by atoms with Gasteiger partial charge in [-0.3, -0.25) is 0 Å². The number of anilines is 3. The Morgan fingerprint density at radius 1 is 1.15 bits per heavy atom. The Kier molecular flexibility index (Phi) is 5.88. The number of nitrogens with two attached hydrogens (primary N) is 1. The van der Waals surface area contributed by atoms with Crippen LogP contribution in [-0.2, 0) is 0 Å². The van der Waals surface area contributed by atoms with Crippen molar-refractivity contribution in [3.8, 4) is 11.6 Å². The molecule has 0 saturated carbocycles. The third kappa shape index (κ3) is 4.71. The minimum absolute atomic E-state index is 0.0479. The number of likely N-dealkylation sites (tertiary alicyclic amines) is 1. The Morgan fingerprint density at radius 2 is 1.88 bits per heavy atom. The molecule has 11 heteroatoms. The average molecular weight is 453 g/mol. The molecule has 0 bridgehead atoms. The number of hydrogen-bond acceptors (Lipinski definition) is 9. The van der Waals surface area contributed by atoms with Gasteiger partial charge in [0.25, 0.3) is 0 Å². The fourth-order valence-electron chi connectivity index (χ4n) is 4.13. The highest BCUT2D eigenvalue weighted by Crippen LogP contribution is 2.39. The van der Waals surface area contributed by atoms with E-state index in [0.29, 0.717) is 31.2 Å². The number of carbonyl (C=O) groups is 1. The predicted octanol–water partition coefficient (Wildman–Crippen LogP) is 3.54. The lowest BCUT2D eigenvalue weighted by Crippen LogP contribution is -2.51. The molecule has 174 valence electrons. The molecule has 4 rings (SSSR count). The van der Waals surface area contributed by atoms with Crippen LogP contribution in [0.1, 0.15) is 45.4 Å². The first-order chi connectivity index (χ1) is 15.6. The van der Waals surface area contributed by atoms with Crippen LogP contribution in [0.3, 0.4) is 0 Å². The van der Waals surface area contributed by atoms with Crippen LogP contribution in [0.2, 0.25) is 0 Å². The van der Waals surface area contributed by atoms with Gasteiger partial charge in [0.2, 0.25) is 29.4 Å². The van der Waals surface area contributed by atoms with E-state index in [0.717, 1.165) is 5.69 Å². The molecule has 0 spiro atoms. The van der Waals surface area contributed by atoms with Crippen molar-refractivity contribution in [2.75, 3.05) is 24.2 Å². The van der Waals surface area contributed by atoms with Crippen LogP contribution < -0.4 is 10.6 Å². The van der Waals surface area contributed by atoms with E-state index in [9.17, 15) is 9.90 Å². The molecule has 1 fully saturated rings. The van der Waals surface area contributed by atoms with E-state index in [4.69, 9.17) is 10.3 Å².